The lowest BCUT2D eigenvalue weighted by Gasteiger charge is -2.05. The molecule has 0 radical (unpaired) electrons. The first kappa shape index (κ1) is 19.1. The van der Waals surface area contributed by atoms with Crippen molar-refractivity contribution in [2.24, 2.45) is 0 Å². The van der Waals surface area contributed by atoms with E-state index in [1.54, 1.807) is 41.2 Å². The number of Topliss-reactive ketones (excluding diaryl/α,β-unsaturated/α-hetero) is 1. The lowest BCUT2D eigenvalue weighted by Crippen LogP contribution is -2.12. The van der Waals surface area contributed by atoms with Crippen LogP contribution in [0.1, 0.15) is 27.6 Å². The van der Waals surface area contributed by atoms with Crippen LogP contribution in [0.25, 0.3) is 16.3 Å². The molecule has 0 bridgehead atoms. The van der Waals surface area contributed by atoms with Gasteiger partial charge in [0.25, 0.3) is 5.91 Å². The van der Waals surface area contributed by atoms with Crippen LogP contribution in [0, 0.1) is 0 Å². The molecule has 0 aliphatic heterocycles. The van der Waals surface area contributed by atoms with Crippen molar-refractivity contribution in [1.82, 2.24) is 9.78 Å². The van der Waals surface area contributed by atoms with Gasteiger partial charge in [0.15, 0.2) is 5.78 Å². The van der Waals surface area contributed by atoms with Gasteiger partial charge in [-0.05, 0) is 55.5 Å². The van der Waals surface area contributed by atoms with Crippen molar-refractivity contribution in [3.8, 4) is 16.3 Å². The van der Waals surface area contributed by atoms with Crippen LogP contribution < -0.4 is 5.32 Å². The summed E-state index contributed by atoms with van der Waals surface area (Å²) in [7, 11) is 0. The molecular formula is C22H16ClN3O2S. The molecule has 2 aromatic carbocycles. The molecule has 0 saturated heterocycles. The number of para-hydroxylation sites is 1. The molecule has 0 aliphatic rings. The van der Waals surface area contributed by atoms with Gasteiger partial charge in [0.1, 0.15) is 5.69 Å². The molecule has 0 fully saturated rings. The van der Waals surface area contributed by atoms with Gasteiger partial charge >= 0.3 is 0 Å². The number of rotatable bonds is 5. The van der Waals surface area contributed by atoms with Crippen molar-refractivity contribution in [2.45, 2.75) is 6.92 Å². The number of hydrogen-bond acceptors (Lipinski definition) is 4. The number of hydrogen-bond donors (Lipinski definition) is 1. The molecule has 0 spiro atoms. The molecule has 1 N–H and O–H groups in total. The van der Waals surface area contributed by atoms with Crippen molar-refractivity contribution in [1.29, 1.82) is 0 Å². The molecule has 144 valence electrons. The summed E-state index contributed by atoms with van der Waals surface area (Å²) >= 11 is 7.46. The first-order chi connectivity index (χ1) is 14.0. The Labute approximate surface area is 176 Å². The number of carbonyl (C=O) groups excluding carboxylic acids is 2. The summed E-state index contributed by atoms with van der Waals surface area (Å²) in [5.74, 6) is -0.314. The van der Waals surface area contributed by atoms with Gasteiger partial charge in [-0.2, -0.15) is 5.10 Å². The Morgan fingerprint density at radius 3 is 2.34 bits per heavy atom. The van der Waals surface area contributed by atoms with Crippen LogP contribution in [0.3, 0.4) is 0 Å². The lowest BCUT2D eigenvalue weighted by molar-refractivity contribution is 0.101. The second-order valence-corrected chi connectivity index (χ2v) is 8.08. The minimum Gasteiger partial charge on any atom is -0.322 e. The van der Waals surface area contributed by atoms with E-state index in [2.05, 4.69) is 10.4 Å². The molecule has 0 unspecified atom stereocenters. The summed E-state index contributed by atoms with van der Waals surface area (Å²) in [6.45, 7) is 1.50. The maximum Gasteiger partial charge on any atom is 0.259 e. The quantitative estimate of drug-likeness (QED) is 0.420. The van der Waals surface area contributed by atoms with Crippen molar-refractivity contribution in [2.75, 3.05) is 5.32 Å². The third-order valence-electron chi connectivity index (χ3n) is 4.34. The predicted molar refractivity (Wildman–Crippen MR) is 116 cm³/mol. The van der Waals surface area contributed by atoms with Crippen molar-refractivity contribution < 1.29 is 9.59 Å². The van der Waals surface area contributed by atoms with Crippen LogP contribution in [0.15, 0.2) is 72.9 Å². The van der Waals surface area contributed by atoms with Crippen LogP contribution in [0.4, 0.5) is 5.69 Å². The van der Waals surface area contributed by atoms with Gasteiger partial charge in [0.2, 0.25) is 0 Å². The van der Waals surface area contributed by atoms with E-state index in [9.17, 15) is 9.59 Å². The van der Waals surface area contributed by atoms with Crippen LogP contribution >= 0.6 is 22.9 Å². The Balaban J connectivity index is 1.70. The maximum atomic E-state index is 13.0. The monoisotopic (exact) mass is 421 g/mol. The molecular weight excluding hydrogens is 406 g/mol. The van der Waals surface area contributed by atoms with Gasteiger partial charge in [-0.25, -0.2) is 4.68 Å². The molecule has 2 heterocycles. The fraction of sp³-hybridized carbons (Fsp3) is 0.0455. The highest BCUT2D eigenvalue weighted by Gasteiger charge is 2.20. The number of anilines is 1. The van der Waals surface area contributed by atoms with Crippen LogP contribution in [-0.4, -0.2) is 21.5 Å². The molecule has 29 heavy (non-hydrogen) atoms. The fourth-order valence-electron chi connectivity index (χ4n) is 2.86. The van der Waals surface area contributed by atoms with E-state index >= 15 is 0 Å². The lowest BCUT2D eigenvalue weighted by atomic mass is 10.1. The topological polar surface area (TPSA) is 64.0 Å². The number of nitrogens with one attached hydrogen (secondary N) is 1. The fourth-order valence-corrected chi connectivity index (χ4v) is 3.91. The SMILES string of the molecule is CC(=O)c1ccc(NC(=O)c2cn(-c3ccccc3)nc2-c2ccc(Cl)s2)cc1. The zero-order chi connectivity index (χ0) is 20.4. The summed E-state index contributed by atoms with van der Waals surface area (Å²) < 4.78 is 2.30. The minimum absolute atomic E-state index is 0.0242. The Morgan fingerprint density at radius 2 is 1.72 bits per heavy atom. The highest BCUT2D eigenvalue weighted by atomic mass is 35.5. The largest absolute Gasteiger partial charge is 0.322 e. The van der Waals surface area contributed by atoms with Crippen molar-refractivity contribution >= 4 is 40.3 Å². The van der Waals surface area contributed by atoms with Crippen LogP contribution in [-0.2, 0) is 0 Å². The number of halogens is 1. The van der Waals surface area contributed by atoms with Gasteiger partial charge in [0, 0.05) is 17.4 Å². The van der Waals surface area contributed by atoms with Gasteiger partial charge < -0.3 is 5.32 Å². The summed E-state index contributed by atoms with van der Waals surface area (Å²) in [5, 5.41) is 7.50. The average Bonchev–Trinajstić information content (AvgIpc) is 3.35. The molecule has 7 heteroatoms. The van der Waals surface area contributed by atoms with E-state index in [1.807, 2.05) is 36.4 Å². The molecule has 4 rings (SSSR count). The molecule has 4 aromatic rings. The third-order valence-corrected chi connectivity index (χ3v) is 5.57. The Bertz CT molecular complexity index is 1180. The first-order valence-electron chi connectivity index (χ1n) is 8.84. The van der Waals surface area contributed by atoms with E-state index in [-0.39, 0.29) is 11.7 Å². The van der Waals surface area contributed by atoms with E-state index in [0.717, 1.165) is 10.6 Å². The van der Waals surface area contributed by atoms with Gasteiger partial charge in [-0.3, -0.25) is 9.59 Å². The number of carbonyl (C=O) groups is 2. The zero-order valence-electron chi connectivity index (χ0n) is 15.4. The summed E-state index contributed by atoms with van der Waals surface area (Å²) in [4.78, 5) is 25.3. The summed E-state index contributed by atoms with van der Waals surface area (Å²) in [6.07, 6.45) is 1.71. The molecule has 2 aromatic heterocycles. The van der Waals surface area contributed by atoms with Gasteiger partial charge in [-0.1, -0.05) is 29.8 Å². The normalized spacial score (nSPS) is 10.7. The van der Waals surface area contributed by atoms with Crippen molar-refractivity contribution in [3.63, 3.8) is 0 Å². The molecule has 0 atom stereocenters. The molecule has 0 aliphatic carbocycles. The minimum atomic E-state index is -0.290. The number of thiophene rings is 1. The zero-order valence-corrected chi connectivity index (χ0v) is 17.0. The van der Waals surface area contributed by atoms with Gasteiger partial charge in [-0.15, -0.1) is 11.3 Å². The average molecular weight is 422 g/mol. The Hall–Kier alpha value is -3.22. The van der Waals surface area contributed by atoms with E-state index in [4.69, 9.17) is 11.6 Å². The first-order valence-corrected chi connectivity index (χ1v) is 10.0. The number of ketones is 1. The smallest absolute Gasteiger partial charge is 0.259 e. The summed E-state index contributed by atoms with van der Waals surface area (Å²) in [6, 6.07) is 20.0. The van der Waals surface area contributed by atoms with E-state index in [0.29, 0.717) is 26.8 Å². The Kier molecular flexibility index (Phi) is 5.29. The predicted octanol–water partition coefficient (Wildman–Crippen LogP) is 5.71. The Morgan fingerprint density at radius 1 is 1.00 bits per heavy atom. The van der Waals surface area contributed by atoms with Crippen molar-refractivity contribution in [3.05, 3.63) is 88.4 Å². The molecule has 0 saturated carbocycles. The van der Waals surface area contributed by atoms with Crippen LogP contribution in [0.2, 0.25) is 4.34 Å². The second-order valence-electron chi connectivity index (χ2n) is 6.36. The number of benzene rings is 2. The van der Waals surface area contributed by atoms with Crippen LogP contribution in [0.5, 0.6) is 0 Å². The highest BCUT2D eigenvalue weighted by molar-refractivity contribution is 7.19. The van der Waals surface area contributed by atoms with E-state index in [1.165, 1.54) is 18.3 Å². The van der Waals surface area contributed by atoms with E-state index < -0.39 is 0 Å². The molecule has 1 amide bonds. The number of aromatic nitrogens is 2. The molecule has 5 nitrogen and oxygen atoms in total. The third kappa shape index (κ3) is 4.13. The number of nitrogens with zero attached hydrogens (tertiary/aromatic N) is 2. The summed E-state index contributed by atoms with van der Waals surface area (Å²) in [5.41, 5.74) is 3.03. The second kappa shape index (κ2) is 8.03. The van der Waals surface area contributed by atoms with Gasteiger partial charge in [0.05, 0.1) is 20.5 Å². The maximum absolute atomic E-state index is 13.0. The highest BCUT2D eigenvalue weighted by Crippen LogP contribution is 2.33. The number of amides is 1. The standard InChI is InChI=1S/C22H16ClN3O2S/c1-14(27)15-7-9-16(10-8-15)24-22(28)18-13-26(17-5-3-2-4-6-17)25-21(18)19-11-12-20(23)29-19/h2-13H,1H3,(H,24,28).